The van der Waals surface area contributed by atoms with Crippen LogP contribution in [-0.2, 0) is 14.3 Å². The summed E-state index contributed by atoms with van der Waals surface area (Å²) in [5.74, 6) is -3.18. The first kappa shape index (κ1) is 35.2. The second-order valence-electron chi connectivity index (χ2n) is 14.5. The third-order valence-electron chi connectivity index (χ3n) is 11.3. The molecule has 9 atom stereocenters. The number of epoxide rings is 1. The Morgan fingerprint density at radius 3 is 2.36 bits per heavy atom. The summed E-state index contributed by atoms with van der Waals surface area (Å²) in [5.41, 5.74) is -0.256. The van der Waals surface area contributed by atoms with E-state index in [4.69, 9.17) is 11.1 Å². The van der Waals surface area contributed by atoms with Gasteiger partial charge in [-0.3, -0.25) is 9.59 Å². The molecule has 2 unspecified atom stereocenters. The maximum Gasteiger partial charge on any atom is 0.225 e. The van der Waals surface area contributed by atoms with Crippen molar-refractivity contribution in [2.75, 3.05) is 0 Å². The standard InChI is InChI=1S/C36H60N2O5S/c1-12-25-16-15-17-36(14-3)34(10,43-36)19-28(26(13-2)18-27-20-44-33(37-27)21(4)5)38-32(42)24(9)31(41)35(11,22(6)7)30(40)23(8)29(25)39/h18,20-25,28-29,31,39,41H,12-17,19H2,1-11H3,(H,38,42)/b26-18+/t23-,24?,25+,28+,29-,31+,34+,35?,36-/m1/s1/i21D. The van der Waals surface area contributed by atoms with Crippen molar-refractivity contribution in [3.63, 3.8) is 0 Å². The van der Waals surface area contributed by atoms with E-state index in [1.54, 1.807) is 20.8 Å². The van der Waals surface area contributed by atoms with E-state index in [0.717, 1.165) is 48.4 Å². The zero-order valence-electron chi connectivity index (χ0n) is 30.1. The number of ether oxygens (including phenoxy) is 1. The molecule has 0 aromatic carbocycles. The number of carbonyl (C=O) groups is 2. The van der Waals surface area contributed by atoms with Crippen LogP contribution in [0.5, 0.6) is 0 Å². The average molecular weight is 634 g/mol. The molecule has 0 bridgehead atoms. The Kier molecular flexibility index (Phi) is 11.6. The molecule has 1 aromatic rings. The average Bonchev–Trinajstić information content (AvgIpc) is 3.28. The van der Waals surface area contributed by atoms with E-state index < -0.39 is 41.0 Å². The molecule has 3 heterocycles. The summed E-state index contributed by atoms with van der Waals surface area (Å²) in [4.78, 5) is 32.9. The van der Waals surface area contributed by atoms with Crippen molar-refractivity contribution in [1.29, 1.82) is 0 Å². The lowest BCUT2D eigenvalue weighted by Crippen LogP contribution is -2.55. The summed E-state index contributed by atoms with van der Waals surface area (Å²) >= 11 is 1.46. The highest BCUT2D eigenvalue weighted by Gasteiger charge is 2.65. The number of aliphatic hydroxyl groups is 2. The maximum atomic E-state index is 14.1. The summed E-state index contributed by atoms with van der Waals surface area (Å²) in [6, 6.07) is -0.372. The van der Waals surface area contributed by atoms with Gasteiger partial charge in [0.25, 0.3) is 0 Å². The van der Waals surface area contributed by atoms with Gasteiger partial charge in [-0.15, -0.1) is 11.3 Å². The smallest absolute Gasteiger partial charge is 0.225 e. The largest absolute Gasteiger partial charge is 0.392 e. The Balaban J connectivity index is 2.09. The van der Waals surface area contributed by atoms with Gasteiger partial charge >= 0.3 is 0 Å². The molecule has 250 valence electrons. The molecule has 44 heavy (non-hydrogen) atoms. The van der Waals surface area contributed by atoms with E-state index in [1.165, 1.54) is 11.3 Å². The molecule has 2 fully saturated rings. The molecule has 1 aromatic heterocycles. The van der Waals surface area contributed by atoms with Crippen LogP contribution in [0.1, 0.15) is 139 Å². The van der Waals surface area contributed by atoms with Crippen molar-refractivity contribution in [1.82, 2.24) is 10.3 Å². The third kappa shape index (κ3) is 7.19. The fourth-order valence-corrected chi connectivity index (χ4v) is 8.26. The number of hydrogen-bond acceptors (Lipinski definition) is 7. The van der Waals surface area contributed by atoms with Crippen molar-refractivity contribution in [3.8, 4) is 0 Å². The molecule has 1 amide bonds. The van der Waals surface area contributed by atoms with E-state index in [2.05, 4.69) is 33.0 Å². The van der Waals surface area contributed by atoms with E-state index in [-0.39, 0.29) is 35.2 Å². The predicted octanol–water partition coefficient (Wildman–Crippen LogP) is 7.31. The SMILES string of the molecule is [2H]C(C)(C)c1nc(/C=C(\CC)[C@@H]2C[C@]3(C)O[C@]3(CC)CCC[C@H](CC)[C@H](O)[C@@H](C)C(=O)C(C)(C(C)C)[C@@H](O)C(C)C(=O)N2)cs1. The quantitative estimate of drug-likeness (QED) is 0.272. The number of nitrogens with one attached hydrogen (secondary N) is 1. The second-order valence-corrected chi connectivity index (χ2v) is 15.3. The minimum atomic E-state index is -1.25. The normalized spacial score (nSPS) is 38.7. The highest BCUT2D eigenvalue weighted by atomic mass is 32.1. The van der Waals surface area contributed by atoms with Crippen LogP contribution in [0.3, 0.4) is 0 Å². The van der Waals surface area contributed by atoms with Gasteiger partial charge in [-0.1, -0.05) is 75.2 Å². The van der Waals surface area contributed by atoms with Crippen LogP contribution >= 0.6 is 11.3 Å². The number of amides is 1. The number of rotatable bonds is 7. The van der Waals surface area contributed by atoms with Gasteiger partial charge in [-0.2, -0.15) is 0 Å². The highest BCUT2D eigenvalue weighted by molar-refractivity contribution is 7.09. The maximum absolute atomic E-state index is 14.1. The predicted molar refractivity (Wildman–Crippen MR) is 179 cm³/mol. The molecule has 3 N–H and O–H groups in total. The van der Waals surface area contributed by atoms with E-state index in [9.17, 15) is 19.8 Å². The first-order chi connectivity index (χ1) is 20.8. The van der Waals surface area contributed by atoms with Gasteiger partial charge in [-0.05, 0) is 63.0 Å². The Morgan fingerprint density at radius 2 is 1.84 bits per heavy atom. The molecular formula is C36H60N2O5S. The van der Waals surface area contributed by atoms with Crippen molar-refractivity contribution in [2.45, 2.75) is 156 Å². The van der Waals surface area contributed by atoms with Crippen molar-refractivity contribution < 1.29 is 25.9 Å². The van der Waals surface area contributed by atoms with Crippen LogP contribution in [0.25, 0.3) is 6.08 Å². The molecule has 7 nitrogen and oxygen atoms in total. The molecule has 2 aliphatic rings. The summed E-state index contributed by atoms with van der Waals surface area (Å²) in [7, 11) is 0. The summed E-state index contributed by atoms with van der Waals surface area (Å²) in [5, 5.41) is 29.2. The fourth-order valence-electron chi connectivity index (χ4n) is 7.51. The van der Waals surface area contributed by atoms with Crippen LogP contribution < -0.4 is 5.32 Å². The van der Waals surface area contributed by atoms with Gasteiger partial charge < -0.3 is 20.3 Å². The Labute approximate surface area is 272 Å². The first-order valence-corrected chi connectivity index (χ1v) is 17.8. The molecule has 0 spiro atoms. The lowest BCUT2D eigenvalue weighted by Gasteiger charge is -2.42. The molecule has 2 aliphatic heterocycles. The molecule has 3 rings (SSSR count). The van der Waals surface area contributed by atoms with Crippen LogP contribution in [0.2, 0.25) is 0 Å². The number of fused-ring (bicyclic) bond motifs is 1. The monoisotopic (exact) mass is 633 g/mol. The lowest BCUT2D eigenvalue weighted by molar-refractivity contribution is -0.153. The van der Waals surface area contributed by atoms with Crippen molar-refractivity contribution >= 4 is 29.1 Å². The van der Waals surface area contributed by atoms with E-state index >= 15 is 0 Å². The van der Waals surface area contributed by atoms with E-state index in [1.807, 2.05) is 39.2 Å². The van der Waals surface area contributed by atoms with Crippen LogP contribution in [0.15, 0.2) is 11.0 Å². The van der Waals surface area contributed by atoms with Crippen molar-refractivity contribution in [2.24, 2.45) is 29.1 Å². The second kappa shape index (κ2) is 14.4. The number of nitrogens with zero attached hydrogens (tertiary/aromatic N) is 1. The van der Waals surface area contributed by atoms with Crippen molar-refractivity contribution in [3.05, 3.63) is 21.7 Å². The molecule has 2 saturated heterocycles. The number of ketones is 1. The number of aliphatic hydroxyl groups excluding tert-OH is 2. The summed E-state index contributed by atoms with van der Waals surface area (Å²) in [6.45, 7) is 21.1. The van der Waals surface area contributed by atoms with Gasteiger partial charge in [0.15, 0.2) is 0 Å². The molecule has 0 aliphatic carbocycles. The van der Waals surface area contributed by atoms with Gasteiger partial charge in [0.05, 0.1) is 51.5 Å². The summed E-state index contributed by atoms with van der Waals surface area (Å²) in [6.07, 6.45) is 5.24. The van der Waals surface area contributed by atoms with E-state index in [0.29, 0.717) is 12.8 Å². The zero-order valence-corrected chi connectivity index (χ0v) is 29.9. The van der Waals surface area contributed by atoms with Gasteiger partial charge in [-0.25, -0.2) is 4.98 Å². The van der Waals surface area contributed by atoms with Gasteiger partial charge in [0.2, 0.25) is 5.91 Å². The summed E-state index contributed by atoms with van der Waals surface area (Å²) < 4.78 is 15.0. The highest BCUT2D eigenvalue weighted by Crippen LogP contribution is 2.57. The molecular weight excluding hydrogens is 572 g/mol. The molecule has 8 heteroatoms. The topological polar surface area (TPSA) is 112 Å². The zero-order chi connectivity index (χ0) is 34.1. The van der Waals surface area contributed by atoms with Crippen LogP contribution in [0.4, 0.5) is 0 Å². The Bertz CT molecular complexity index is 1230. The molecule has 0 saturated carbocycles. The third-order valence-corrected chi connectivity index (χ3v) is 12.4. The lowest BCUT2D eigenvalue weighted by atomic mass is 9.63. The van der Waals surface area contributed by atoms with Crippen LogP contribution in [-0.4, -0.2) is 56.3 Å². The minimum absolute atomic E-state index is 0.0517. The van der Waals surface area contributed by atoms with Crippen LogP contribution in [0, 0.1) is 29.1 Å². The number of aromatic nitrogens is 1. The number of hydrogen-bond donors (Lipinski definition) is 3. The number of thiazole rings is 1. The fraction of sp³-hybridized carbons (Fsp3) is 0.806. The van der Waals surface area contributed by atoms with Gasteiger partial charge in [0, 0.05) is 25.0 Å². The van der Waals surface area contributed by atoms with Gasteiger partial charge in [0.1, 0.15) is 5.78 Å². The minimum Gasteiger partial charge on any atom is -0.392 e. The Morgan fingerprint density at radius 1 is 1.18 bits per heavy atom. The number of Topliss-reactive ketones (excluding diaryl/α,β-unsaturated/α-hetero) is 1. The Hall–Kier alpha value is -1.61. The number of carbonyl (C=O) groups excluding carboxylic acids is 2. The first-order valence-electron chi connectivity index (χ1n) is 17.4. The molecule has 0 radical (unpaired) electrons.